The summed E-state index contributed by atoms with van der Waals surface area (Å²) in [4.78, 5) is 0.211. The van der Waals surface area contributed by atoms with Gasteiger partial charge in [-0.05, 0) is 44.0 Å². The third-order valence-corrected chi connectivity index (χ3v) is 4.28. The second-order valence-corrected chi connectivity index (χ2v) is 6.03. The molecule has 0 aliphatic heterocycles. The highest BCUT2D eigenvalue weighted by Gasteiger charge is 2.21. The summed E-state index contributed by atoms with van der Waals surface area (Å²) in [5.74, 6) is 0.691. The van der Waals surface area contributed by atoms with Gasteiger partial charge in [0.1, 0.15) is 5.76 Å². The van der Waals surface area contributed by atoms with Crippen molar-refractivity contribution < 1.29 is 12.9 Å². The van der Waals surface area contributed by atoms with E-state index in [0.29, 0.717) is 22.6 Å². The second kappa shape index (κ2) is 4.58. The molecule has 2 rings (SSSR count). The van der Waals surface area contributed by atoms with Gasteiger partial charge in [-0.1, -0.05) is 5.16 Å². The van der Waals surface area contributed by atoms with Crippen molar-refractivity contribution in [3.05, 3.63) is 35.1 Å². The molecule has 2 aromatic rings. The molecule has 102 valence electrons. The van der Waals surface area contributed by atoms with Crippen LogP contribution in [0.5, 0.6) is 0 Å². The Morgan fingerprint density at radius 2 is 1.74 bits per heavy atom. The van der Waals surface area contributed by atoms with Gasteiger partial charge in [-0.25, -0.2) is 8.42 Å². The Balaban J connectivity index is 2.45. The van der Waals surface area contributed by atoms with Gasteiger partial charge in [-0.15, -0.1) is 0 Å². The molecule has 1 aromatic carbocycles. The molecule has 0 unspecified atom stereocenters. The van der Waals surface area contributed by atoms with Crippen LogP contribution in [0.3, 0.4) is 0 Å². The van der Waals surface area contributed by atoms with Gasteiger partial charge in [0, 0.05) is 11.8 Å². The van der Waals surface area contributed by atoms with E-state index in [9.17, 15) is 8.42 Å². The van der Waals surface area contributed by atoms with Gasteiger partial charge in [-0.2, -0.15) is 0 Å². The number of nitrogens with one attached hydrogen (secondary N) is 1. The van der Waals surface area contributed by atoms with Gasteiger partial charge >= 0.3 is 0 Å². The number of hydrogen-bond acceptors (Lipinski definition) is 5. The van der Waals surface area contributed by atoms with Crippen molar-refractivity contribution in [1.82, 2.24) is 5.16 Å². The molecule has 0 bridgehead atoms. The van der Waals surface area contributed by atoms with Crippen molar-refractivity contribution in [1.29, 1.82) is 0 Å². The van der Waals surface area contributed by atoms with Crippen LogP contribution in [0.15, 0.2) is 27.6 Å². The van der Waals surface area contributed by atoms with Crippen LogP contribution in [0, 0.1) is 20.8 Å². The average Bonchev–Trinajstić information content (AvgIpc) is 2.60. The molecule has 0 saturated heterocycles. The van der Waals surface area contributed by atoms with Gasteiger partial charge < -0.3 is 10.3 Å². The summed E-state index contributed by atoms with van der Waals surface area (Å²) in [5.41, 5.74) is 7.39. The Hall–Kier alpha value is -2.02. The monoisotopic (exact) mass is 281 g/mol. The first-order valence-corrected chi connectivity index (χ1v) is 7.11. The maximum Gasteiger partial charge on any atom is 0.263 e. The Kier molecular flexibility index (Phi) is 3.23. The molecular formula is C12H15N3O3S. The van der Waals surface area contributed by atoms with Gasteiger partial charge in [-0.3, -0.25) is 4.72 Å². The maximum atomic E-state index is 12.3. The van der Waals surface area contributed by atoms with E-state index in [2.05, 4.69) is 9.88 Å². The number of anilines is 2. The fourth-order valence-corrected chi connectivity index (χ4v) is 3.45. The molecule has 1 aromatic heterocycles. The second-order valence-electron chi connectivity index (χ2n) is 4.41. The lowest BCUT2D eigenvalue weighted by Crippen LogP contribution is -2.16. The lowest BCUT2D eigenvalue weighted by molar-refractivity contribution is 0.400. The molecule has 6 nitrogen and oxygen atoms in total. The SMILES string of the molecule is Cc1cc(NS(=O)(=O)c2c(C)cc(N)cc2C)no1. The summed E-state index contributed by atoms with van der Waals surface area (Å²) >= 11 is 0. The molecule has 7 heteroatoms. The van der Waals surface area contributed by atoms with Crippen molar-refractivity contribution in [2.45, 2.75) is 25.7 Å². The molecule has 19 heavy (non-hydrogen) atoms. The van der Waals surface area contributed by atoms with E-state index in [4.69, 9.17) is 10.3 Å². The van der Waals surface area contributed by atoms with Crippen LogP contribution >= 0.6 is 0 Å². The highest BCUT2D eigenvalue weighted by Crippen LogP contribution is 2.25. The third kappa shape index (κ3) is 2.70. The summed E-state index contributed by atoms with van der Waals surface area (Å²) in [6, 6.07) is 4.75. The molecule has 0 fully saturated rings. The van der Waals surface area contributed by atoms with E-state index in [1.165, 1.54) is 6.07 Å². The Bertz CT molecular complexity index is 697. The van der Waals surface area contributed by atoms with E-state index in [1.807, 2.05) is 0 Å². The highest BCUT2D eigenvalue weighted by atomic mass is 32.2. The van der Waals surface area contributed by atoms with Crippen molar-refractivity contribution in [3.63, 3.8) is 0 Å². The van der Waals surface area contributed by atoms with Crippen LogP contribution in [-0.2, 0) is 10.0 Å². The number of nitrogens with zero attached hydrogens (tertiary/aromatic N) is 1. The lowest BCUT2D eigenvalue weighted by Gasteiger charge is -2.12. The number of rotatable bonds is 3. The summed E-state index contributed by atoms with van der Waals surface area (Å²) in [7, 11) is -3.71. The van der Waals surface area contributed by atoms with Crippen LogP contribution in [-0.4, -0.2) is 13.6 Å². The number of nitrogen functional groups attached to an aromatic ring is 1. The standard InChI is InChI=1S/C12H15N3O3S/c1-7-4-10(13)5-8(2)12(7)19(16,17)15-11-6-9(3)18-14-11/h4-6H,13H2,1-3H3,(H,14,15). The Morgan fingerprint density at radius 3 is 2.21 bits per heavy atom. The quantitative estimate of drug-likeness (QED) is 0.838. The van der Waals surface area contributed by atoms with E-state index < -0.39 is 10.0 Å². The molecule has 0 aliphatic carbocycles. The fourth-order valence-electron chi connectivity index (χ4n) is 2.01. The highest BCUT2D eigenvalue weighted by molar-refractivity contribution is 7.92. The summed E-state index contributed by atoms with van der Waals surface area (Å²) in [6.07, 6.45) is 0. The molecule has 0 atom stereocenters. The first-order valence-electron chi connectivity index (χ1n) is 5.62. The van der Waals surface area contributed by atoms with Crippen LogP contribution < -0.4 is 10.5 Å². The first-order chi connectivity index (χ1) is 8.79. The predicted octanol–water partition coefficient (Wildman–Crippen LogP) is 1.98. The van der Waals surface area contributed by atoms with Crippen molar-refractivity contribution in [3.8, 4) is 0 Å². The summed E-state index contributed by atoms with van der Waals surface area (Å²) < 4.78 is 31.9. The molecular weight excluding hydrogens is 266 g/mol. The zero-order valence-electron chi connectivity index (χ0n) is 10.9. The molecule has 0 spiro atoms. The third-order valence-electron chi connectivity index (χ3n) is 2.62. The van der Waals surface area contributed by atoms with Crippen LogP contribution in [0.2, 0.25) is 0 Å². The average molecular weight is 281 g/mol. The number of benzene rings is 1. The number of aryl methyl sites for hydroxylation is 3. The molecule has 0 amide bonds. The van der Waals surface area contributed by atoms with E-state index in [1.54, 1.807) is 32.9 Å². The molecule has 0 saturated carbocycles. The number of sulfonamides is 1. The molecule has 0 radical (unpaired) electrons. The minimum atomic E-state index is -3.71. The van der Waals surface area contributed by atoms with Gasteiger partial charge in [0.25, 0.3) is 10.0 Å². The fraction of sp³-hybridized carbons (Fsp3) is 0.250. The van der Waals surface area contributed by atoms with E-state index >= 15 is 0 Å². The first kappa shape index (κ1) is 13.4. The van der Waals surface area contributed by atoms with Gasteiger partial charge in [0.2, 0.25) is 0 Å². The van der Waals surface area contributed by atoms with Gasteiger partial charge in [0.05, 0.1) is 4.90 Å². The van der Waals surface area contributed by atoms with Crippen molar-refractivity contribution in [2.24, 2.45) is 0 Å². The summed E-state index contributed by atoms with van der Waals surface area (Å²) in [5, 5.41) is 3.61. The molecule has 0 aliphatic rings. The van der Waals surface area contributed by atoms with Crippen LogP contribution in [0.25, 0.3) is 0 Å². The molecule has 3 N–H and O–H groups in total. The minimum absolute atomic E-state index is 0.160. The minimum Gasteiger partial charge on any atom is -0.399 e. The smallest absolute Gasteiger partial charge is 0.263 e. The normalized spacial score (nSPS) is 11.5. The van der Waals surface area contributed by atoms with E-state index in [-0.39, 0.29) is 10.7 Å². The van der Waals surface area contributed by atoms with E-state index in [0.717, 1.165) is 0 Å². The Labute approximate surface area is 111 Å². The number of aromatic nitrogens is 1. The number of hydrogen-bond donors (Lipinski definition) is 2. The Morgan fingerprint density at radius 1 is 1.16 bits per heavy atom. The predicted molar refractivity (Wildman–Crippen MR) is 72.4 cm³/mol. The maximum absolute atomic E-state index is 12.3. The number of nitrogens with two attached hydrogens (primary N) is 1. The lowest BCUT2D eigenvalue weighted by atomic mass is 10.1. The van der Waals surface area contributed by atoms with Crippen LogP contribution in [0.1, 0.15) is 16.9 Å². The van der Waals surface area contributed by atoms with Crippen molar-refractivity contribution in [2.75, 3.05) is 10.5 Å². The molecule has 1 heterocycles. The largest absolute Gasteiger partial charge is 0.399 e. The van der Waals surface area contributed by atoms with Gasteiger partial charge in [0.15, 0.2) is 5.82 Å². The zero-order chi connectivity index (χ0) is 14.2. The van der Waals surface area contributed by atoms with Crippen LogP contribution in [0.4, 0.5) is 11.5 Å². The zero-order valence-corrected chi connectivity index (χ0v) is 11.7. The van der Waals surface area contributed by atoms with Crippen molar-refractivity contribution >= 4 is 21.5 Å². The summed E-state index contributed by atoms with van der Waals surface area (Å²) in [6.45, 7) is 5.09. The topological polar surface area (TPSA) is 98.2 Å².